The van der Waals surface area contributed by atoms with Crippen LogP contribution < -0.4 is 5.32 Å². The number of hydrogen-bond acceptors (Lipinski definition) is 4. The van der Waals surface area contributed by atoms with Crippen molar-refractivity contribution in [2.24, 2.45) is 5.92 Å². The Hall–Kier alpha value is -0.960. The molecule has 19 heavy (non-hydrogen) atoms. The van der Waals surface area contributed by atoms with Gasteiger partial charge in [-0.05, 0) is 30.1 Å². The lowest BCUT2D eigenvalue weighted by Gasteiger charge is -2.10. The molecule has 0 spiro atoms. The topological polar surface area (TPSA) is 49.3 Å². The van der Waals surface area contributed by atoms with Gasteiger partial charge in [-0.25, -0.2) is 0 Å². The Morgan fingerprint density at radius 1 is 1.58 bits per heavy atom. The minimum Gasteiger partial charge on any atom is -0.395 e. The number of hydrogen-bond donors (Lipinski definition) is 2. The van der Waals surface area contributed by atoms with E-state index in [4.69, 9.17) is 5.11 Å². The van der Waals surface area contributed by atoms with Crippen molar-refractivity contribution >= 4 is 29.0 Å². The fraction of sp³-hybridized carbons (Fsp3) is 0.500. The van der Waals surface area contributed by atoms with Gasteiger partial charge in [0.15, 0.2) is 0 Å². The van der Waals surface area contributed by atoms with Crippen LogP contribution in [0, 0.1) is 17.8 Å². The predicted octanol–water partition coefficient (Wildman–Crippen LogP) is 2.21. The molecule has 3 nitrogen and oxygen atoms in total. The van der Waals surface area contributed by atoms with E-state index >= 15 is 0 Å². The number of nitrogens with one attached hydrogen (secondary N) is 1. The molecule has 0 aliphatic carbocycles. The first-order valence-electron chi connectivity index (χ1n) is 6.14. The summed E-state index contributed by atoms with van der Waals surface area (Å²) in [5.74, 6) is 7.26. The van der Waals surface area contributed by atoms with Gasteiger partial charge >= 0.3 is 0 Å². The van der Waals surface area contributed by atoms with E-state index in [1.807, 2.05) is 6.07 Å². The summed E-state index contributed by atoms with van der Waals surface area (Å²) >= 11 is 3.17. The number of thiophene rings is 1. The summed E-state index contributed by atoms with van der Waals surface area (Å²) in [6, 6.07) is 3.64. The average molecular weight is 297 g/mol. The van der Waals surface area contributed by atoms with Gasteiger partial charge in [0, 0.05) is 13.0 Å². The summed E-state index contributed by atoms with van der Waals surface area (Å²) in [5, 5.41) is 11.6. The molecule has 0 fully saturated rings. The van der Waals surface area contributed by atoms with Crippen LogP contribution in [-0.2, 0) is 0 Å². The standard InChI is InChI=1S/C14H19NO2S2/c1-11(10-18-2)9-15-14(17)13-7-6-12(19-13)5-3-4-8-16/h6-7,11,16H,4,8-10H2,1-2H3,(H,15,17). The lowest BCUT2D eigenvalue weighted by molar-refractivity contribution is 0.0953. The highest BCUT2D eigenvalue weighted by atomic mass is 32.2. The quantitative estimate of drug-likeness (QED) is 0.792. The minimum atomic E-state index is -0.0341. The van der Waals surface area contributed by atoms with Crippen LogP contribution in [-0.4, -0.2) is 36.2 Å². The zero-order valence-corrected chi connectivity index (χ0v) is 12.9. The zero-order valence-electron chi connectivity index (χ0n) is 11.2. The van der Waals surface area contributed by atoms with Gasteiger partial charge in [0.05, 0.1) is 16.4 Å². The monoisotopic (exact) mass is 297 g/mol. The Balaban J connectivity index is 2.48. The molecule has 0 saturated carbocycles. The first-order valence-corrected chi connectivity index (χ1v) is 8.35. The molecule has 1 aromatic heterocycles. The van der Waals surface area contributed by atoms with Gasteiger partial charge in [0.25, 0.3) is 5.91 Å². The number of rotatable bonds is 6. The molecule has 1 rings (SSSR count). The van der Waals surface area contributed by atoms with Gasteiger partial charge in [-0.15, -0.1) is 11.3 Å². The van der Waals surface area contributed by atoms with Gasteiger partial charge in [-0.1, -0.05) is 18.8 Å². The summed E-state index contributed by atoms with van der Waals surface area (Å²) in [6.45, 7) is 2.89. The van der Waals surface area contributed by atoms with Crippen LogP contribution in [0.5, 0.6) is 0 Å². The first kappa shape index (κ1) is 16.1. The summed E-state index contributed by atoms with van der Waals surface area (Å²) in [5.41, 5.74) is 0. The van der Waals surface area contributed by atoms with E-state index in [9.17, 15) is 4.79 Å². The highest BCUT2D eigenvalue weighted by Gasteiger charge is 2.09. The Labute approximate surface area is 122 Å². The van der Waals surface area contributed by atoms with Gasteiger partial charge in [-0.2, -0.15) is 11.8 Å². The Morgan fingerprint density at radius 3 is 3.05 bits per heavy atom. The van der Waals surface area contributed by atoms with Gasteiger partial charge < -0.3 is 10.4 Å². The average Bonchev–Trinajstić information content (AvgIpc) is 2.85. The van der Waals surface area contributed by atoms with Crippen LogP contribution in [0.2, 0.25) is 0 Å². The second-order valence-electron chi connectivity index (χ2n) is 4.21. The molecule has 5 heteroatoms. The number of aliphatic hydroxyl groups excluding tert-OH is 1. The van der Waals surface area contributed by atoms with E-state index in [0.717, 1.165) is 10.6 Å². The van der Waals surface area contributed by atoms with E-state index in [1.54, 1.807) is 17.8 Å². The van der Waals surface area contributed by atoms with E-state index in [0.29, 0.717) is 23.8 Å². The Bertz CT molecular complexity index is 460. The third-order valence-electron chi connectivity index (χ3n) is 2.34. The maximum absolute atomic E-state index is 11.9. The maximum Gasteiger partial charge on any atom is 0.261 e. The van der Waals surface area contributed by atoms with Crippen LogP contribution in [0.3, 0.4) is 0 Å². The van der Waals surface area contributed by atoms with E-state index in [1.165, 1.54) is 11.3 Å². The molecule has 0 radical (unpaired) electrons. The molecule has 2 N–H and O–H groups in total. The predicted molar refractivity (Wildman–Crippen MR) is 82.8 cm³/mol. The normalized spacial score (nSPS) is 11.5. The zero-order chi connectivity index (χ0) is 14.1. The Kier molecular flexibility index (Phi) is 7.65. The van der Waals surface area contributed by atoms with Crippen molar-refractivity contribution in [3.05, 3.63) is 21.9 Å². The molecule has 0 aliphatic rings. The van der Waals surface area contributed by atoms with Crippen molar-refractivity contribution in [1.29, 1.82) is 0 Å². The number of aliphatic hydroxyl groups is 1. The third kappa shape index (κ3) is 6.15. The molecule has 0 aromatic carbocycles. The van der Waals surface area contributed by atoms with Gasteiger partial charge in [0.2, 0.25) is 0 Å². The maximum atomic E-state index is 11.9. The smallest absolute Gasteiger partial charge is 0.261 e. The molecule has 0 saturated heterocycles. The number of amides is 1. The lowest BCUT2D eigenvalue weighted by atomic mass is 10.2. The van der Waals surface area contributed by atoms with Crippen molar-refractivity contribution in [3.8, 4) is 11.8 Å². The van der Waals surface area contributed by atoms with Crippen molar-refractivity contribution in [2.45, 2.75) is 13.3 Å². The summed E-state index contributed by atoms with van der Waals surface area (Å²) in [6.07, 6.45) is 2.53. The van der Waals surface area contributed by atoms with Crippen molar-refractivity contribution in [2.75, 3.05) is 25.2 Å². The highest BCUT2D eigenvalue weighted by Crippen LogP contribution is 2.15. The molecule has 104 valence electrons. The van der Waals surface area contributed by atoms with E-state index < -0.39 is 0 Å². The molecule has 1 unspecified atom stereocenters. The summed E-state index contributed by atoms with van der Waals surface area (Å²) < 4.78 is 0. The van der Waals surface area contributed by atoms with E-state index in [-0.39, 0.29) is 12.5 Å². The number of thioether (sulfide) groups is 1. The molecule has 1 heterocycles. The van der Waals surface area contributed by atoms with Crippen molar-refractivity contribution < 1.29 is 9.90 Å². The minimum absolute atomic E-state index is 0.0341. The lowest BCUT2D eigenvalue weighted by Crippen LogP contribution is -2.28. The Morgan fingerprint density at radius 2 is 2.37 bits per heavy atom. The second kappa shape index (κ2) is 9.03. The SMILES string of the molecule is CSCC(C)CNC(=O)c1ccc(C#CCCO)s1. The van der Waals surface area contributed by atoms with Crippen molar-refractivity contribution in [1.82, 2.24) is 5.32 Å². The fourth-order valence-electron chi connectivity index (χ4n) is 1.43. The molecular formula is C14H19NO2S2. The number of carbonyl (C=O) groups is 1. The fourth-order valence-corrected chi connectivity index (χ4v) is 2.91. The molecular weight excluding hydrogens is 278 g/mol. The third-order valence-corrected chi connectivity index (χ3v) is 4.24. The van der Waals surface area contributed by atoms with Gasteiger partial charge in [-0.3, -0.25) is 4.79 Å². The highest BCUT2D eigenvalue weighted by molar-refractivity contribution is 7.98. The molecule has 1 amide bonds. The summed E-state index contributed by atoms with van der Waals surface area (Å²) in [7, 11) is 0. The summed E-state index contributed by atoms with van der Waals surface area (Å²) in [4.78, 5) is 13.4. The number of carbonyl (C=O) groups excluding carboxylic acids is 1. The largest absolute Gasteiger partial charge is 0.395 e. The molecule has 0 aliphatic heterocycles. The first-order chi connectivity index (χ1) is 9.17. The van der Waals surface area contributed by atoms with Crippen LogP contribution in [0.25, 0.3) is 0 Å². The van der Waals surface area contributed by atoms with Gasteiger partial charge in [0.1, 0.15) is 0 Å². The molecule has 0 bridgehead atoms. The van der Waals surface area contributed by atoms with Crippen LogP contribution in [0.4, 0.5) is 0 Å². The van der Waals surface area contributed by atoms with Crippen LogP contribution in [0.1, 0.15) is 27.9 Å². The molecule has 1 aromatic rings. The van der Waals surface area contributed by atoms with Crippen molar-refractivity contribution in [3.63, 3.8) is 0 Å². The van der Waals surface area contributed by atoms with Crippen LogP contribution in [0.15, 0.2) is 12.1 Å². The second-order valence-corrected chi connectivity index (χ2v) is 6.20. The molecule has 1 atom stereocenters. The van der Waals surface area contributed by atoms with E-state index in [2.05, 4.69) is 30.3 Å². The van der Waals surface area contributed by atoms with Crippen LogP contribution >= 0.6 is 23.1 Å².